The molecule has 2 heterocycles. The van der Waals surface area contributed by atoms with Gasteiger partial charge in [-0.15, -0.1) is 0 Å². The van der Waals surface area contributed by atoms with E-state index in [1.165, 1.54) is 28.8 Å². The number of ether oxygens (including phenoxy) is 2. The minimum atomic E-state index is -0.293. The van der Waals surface area contributed by atoms with Crippen molar-refractivity contribution in [3.8, 4) is 11.5 Å². The van der Waals surface area contributed by atoms with E-state index < -0.39 is 0 Å². The molecule has 1 aromatic heterocycles. The number of hydrogen-bond acceptors (Lipinski definition) is 5. The van der Waals surface area contributed by atoms with Gasteiger partial charge in [0.2, 0.25) is 0 Å². The number of benzene rings is 2. The Morgan fingerprint density at radius 2 is 1.86 bits per heavy atom. The van der Waals surface area contributed by atoms with E-state index in [4.69, 9.17) is 14.0 Å². The van der Waals surface area contributed by atoms with Gasteiger partial charge in [0.1, 0.15) is 5.82 Å². The van der Waals surface area contributed by atoms with Crippen LogP contribution in [0, 0.1) is 5.82 Å². The van der Waals surface area contributed by atoms with Gasteiger partial charge in [-0.05, 0) is 73.0 Å². The number of hydrogen-bond donors (Lipinski definition) is 0. The van der Waals surface area contributed by atoms with Crippen LogP contribution in [0.15, 0.2) is 34.9 Å². The highest BCUT2D eigenvalue weighted by atomic mass is 19.1. The average molecular weight is 394 g/mol. The largest absolute Gasteiger partial charge is 0.493 e. The summed E-state index contributed by atoms with van der Waals surface area (Å²) in [6.07, 6.45) is 4.26. The van der Waals surface area contributed by atoms with Gasteiger partial charge in [-0.2, -0.15) is 0 Å². The lowest BCUT2D eigenvalue weighted by Gasteiger charge is -2.34. The Labute approximate surface area is 168 Å². The zero-order valence-electron chi connectivity index (χ0n) is 16.6. The molecule has 0 spiro atoms. The minimum Gasteiger partial charge on any atom is -0.493 e. The molecule has 5 rings (SSSR count). The highest BCUT2D eigenvalue weighted by Gasteiger charge is 2.27. The summed E-state index contributed by atoms with van der Waals surface area (Å²) in [4.78, 5) is 2.48. The van der Waals surface area contributed by atoms with Crippen LogP contribution in [0.25, 0.3) is 22.6 Å². The molecular formula is C23H23FN2O3. The highest BCUT2D eigenvalue weighted by molar-refractivity contribution is 5.97. The van der Waals surface area contributed by atoms with Gasteiger partial charge >= 0.3 is 0 Å². The molecule has 1 fully saturated rings. The van der Waals surface area contributed by atoms with E-state index >= 15 is 0 Å². The number of methoxy groups -OCH3 is 2. The standard InChI is InChI=1S/C23H23FN2O3/c1-27-21-10-15-9-16(19(15)12-22(21)28-2)13-26-7-5-14(6-8-26)23-18-4-3-17(24)11-20(18)29-25-23/h3-4,9-12,14H,5-8,13H2,1-2H3. The summed E-state index contributed by atoms with van der Waals surface area (Å²) in [6.45, 7) is 2.93. The third-order valence-corrected chi connectivity index (χ3v) is 6.06. The van der Waals surface area contributed by atoms with E-state index in [0.29, 0.717) is 11.5 Å². The topological polar surface area (TPSA) is 47.7 Å². The number of nitrogens with zero attached hydrogens (tertiary/aromatic N) is 2. The molecule has 0 amide bonds. The van der Waals surface area contributed by atoms with Crippen molar-refractivity contribution in [3.05, 3.63) is 53.0 Å². The third-order valence-electron chi connectivity index (χ3n) is 6.06. The first-order valence-corrected chi connectivity index (χ1v) is 9.90. The molecule has 0 radical (unpaired) electrons. The van der Waals surface area contributed by atoms with E-state index in [9.17, 15) is 4.39 Å². The molecule has 150 valence electrons. The summed E-state index contributed by atoms with van der Waals surface area (Å²) in [5.74, 6) is 1.59. The van der Waals surface area contributed by atoms with Crippen LogP contribution in [0.5, 0.6) is 11.5 Å². The molecule has 0 bridgehead atoms. The van der Waals surface area contributed by atoms with Crippen molar-refractivity contribution < 1.29 is 18.4 Å². The lowest BCUT2D eigenvalue weighted by atomic mass is 9.86. The van der Waals surface area contributed by atoms with Crippen LogP contribution in [0.1, 0.15) is 35.6 Å². The first kappa shape index (κ1) is 18.2. The first-order valence-electron chi connectivity index (χ1n) is 9.90. The van der Waals surface area contributed by atoms with Crippen molar-refractivity contribution in [2.75, 3.05) is 33.9 Å². The summed E-state index contributed by atoms with van der Waals surface area (Å²) in [5, 5.41) is 5.17. The van der Waals surface area contributed by atoms with Crippen LogP contribution in [-0.2, 0) is 0 Å². The Balaban J connectivity index is 1.24. The second kappa shape index (κ2) is 7.19. The predicted molar refractivity (Wildman–Crippen MR) is 110 cm³/mol. The first-order chi connectivity index (χ1) is 14.2. The Hall–Kier alpha value is -2.86. The maximum absolute atomic E-state index is 13.4. The van der Waals surface area contributed by atoms with Gasteiger partial charge in [0.25, 0.3) is 0 Å². The normalized spacial score (nSPS) is 17.0. The molecule has 3 aromatic rings. The van der Waals surface area contributed by atoms with Crippen molar-refractivity contribution in [3.63, 3.8) is 0 Å². The zero-order chi connectivity index (χ0) is 20.0. The maximum Gasteiger partial charge on any atom is 0.170 e. The summed E-state index contributed by atoms with van der Waals surface area (Å²) in [5.41, 5.74) is 5.28. The molecule has 2 aliphatic rings. The van der Waals surface area contributed by atoms with Crippen molar-refractivity contribution >= 4 is 22.6 Å². The number of likely N-dealkylation sites (tertiary alicyclic amines) is 1. The molecule has 0 N–H and O–H groups in total. The second-order valence-corrected chi connectivity index (χ2v) is 7.72. The summed E-state index contributed by atoms with van der Waals surface area (Å²) in [6, 6.07) is 8.76. The van der Waals surface area contributed by atoms with Gasteiger partial charge in [0.15, 0.2) is 17.1 Å². The van der Waals surface area contributed by atoms with Gasteiger partial charge in [-0.1, -0.05) is 5.16 Å². The molecule has 29 heavy (non-hydrogen) atoms. The smallest absolute Gasteiger partial charge is 0.170 e. The van der Waals surface area contributed by atoms with Crippen molar-refractivity contribution in [2.45, 2.75) is 18.8 Å². The number of aromatic nitrogens is 1. The van der Waals surface area contributed by atoms with E-state index in [2.05, 4.69) is 22.2 Å². The Kier molecular flexibility index (Phi) is 4.51. The number of fused-ring (bicyclic) bond motifs is 2. The zero-order valence-corrected chi connectivity index (χ0v) is 16.6. The molecule has 0 saturated carbocycles. The van der Waals surface area contributed by atoms with Gasteiger partial charge in [-0.25, -0.2) is 4.39 Å². The minimum absolute atomic E-state index is 0.293. The molecule has 0 unspecified atom stereocenters. The van der Waals surface area contributed by atoms with Crippen molar-refractivity contribution in [1.82, 2.24) is 10.1 Å². The monoisotopic (exact) mass is 394 g/mol. The van der Waals surface area contributed by atoms with Crippen molar-refractivity contribution in [1.29, 1.82) is 0 Å². The van der Waals surface area contributed by atoms with Gasteiger partial charge in [-0.3, -0.25) is 4.90 Å². The van der Waals surface area contributed by atoms with Crippen LogP contribution in [0.2, 0.25) is 0 Å². The predicted octanol–water partition coefficient (Wildman–Crippen LogP) is 4.72. The average Bonchev–Trinajstić information content (AvgIpc) is 3.15. The van der Waals surface area contributed by atoms with Crippen LogP contribution in [0.4, 0.5) is 4.39 Å². The van der Waals surface area contributed by atoms with Crippen LogP contribution in [-0.4, -0.2) is 43.9 Å². The van der Waals surface area contributed by atoms with E-state index in [0.717, 1.165) is 55.1 Å². The summed E-state index contributed by atoms with van der Waals surface area (Å²) in [7, 11) is 3.32. The van der Waals surface area contributed by atoms with Gasteiger partial charge in [0, 0.05) is 23.9 Å². The Bertz CT molecular complexity index is 1100. The highest BCUT2D eigenvalue weighted by Crippen LogP contribution is 2.41. The van der Waals surface area contributed by atoms with E-state index in [1.807, 2.05) is 6.07 Å². The van der Waals surface area contributed by atoms with Crippen molar-refractivity contribution in [2.24, 2.45) is 0 Å². The molecule has 6 heteroatoms. The fourth-order valence-corrected chi connectivity index (χ4v) is 4.44. The fourth-order valence-electron chi connectivity index (χ4n) is 4.44. The molecule has 0 atom stereocenters. The van der Waals surface area contributed by atoms with Crippen LogP contribution >= 0.6 is 0 Å². The fraction of sp³-hybridized carbons (Fsp3) is 0.348. The number of halogens is 1. The second-order valence-electron chi connectivity index (χ2n) is 7.72. The Morgan fingerprint density at radius 3 is 2.62 bits per heavy atom. The van der Waals surface area contributed by atoms with Gasteiger partial charge in [0.05, 0.1) is 19.9 Å². The molecular weight excluding hydrogens is 371 g/mol. The molecule has 2 aromatic carbocycles. The molecule has 1 aliphatic carbocycles. The quantitative estimate of drug-likeness (QED) is 0.627. The SMILES string of the molecule is COc1cc2c(cc1OC)C(CN1CCC(c3noc4cc(F)ccc34)CC1)=C2. The van der Waals surface area contributed by atoms with Crippen LogP contribution < -0.4 is 9.47 Å². The summed E-state index contributed by atoms with van der Waals surface area (Å²) < 4.78 is 29.5. The lowest BCUT2D eigenvalue weighted by Crippen LogP contribution is -2.35. The number of piperidine rings is 1. The maximum atomic E-state index is 13.4. The molecule has 1 saturated heterocycles. The summed E-state index contributed by atoms with van der Waals surface area (Å²) >= 11 is 0. The molecule has 1 aliphatic heterocycles. The van der Waals surface area contributed by atoms with E-state index in [1.54, 1.807) is 20.3 Å². The molecule has 5 nitrogen and oxygen atoms in total. The lowest BCUT2D eigenvalue weighted by molar-refractivity contribution is 0.231. The Morgan fingerprint density at radius 1 is 1.10 bits per heavy atom. The van der Waals surface area contributed by atoms with Gasteiger partial charge < -0.3 is 14.0 Å². The van der Waals surface area contributed by atoms with Crippen LogP contribution in [0.3, 0.4) is 0 Å². The third kappa shape index (κ3) is 3.17. The van der Waals surface area contributed by atoms with E-state index in [-0.39, 0.29) is 5.82 Å². The number of rotatable bonds is 5.